The molecular formula is C14H22N2O3. The molecule has 2 saturated carbocycles. The van der Waals surface area contributed by atoms with Gasteiger partial charge in [-0.3, -0.25) is 0 Å². The maximum absolute atomic E-state index is 12.1. The highest BCUT2D eigenvalue weighted by molar-refractivity contribution is 5.83. The molecule has 0 aromatic heterocycles. The summed E-state index contributed by atoms with van der Waals surface area (Å²) in [4.78, 5) is 24.6. The van der Waals surface area contributed by atoms with Gasteiger partial charge in [-0.05, 0) is 49.9 Å². The Morgan fingerprint density at radius 3 is 2.68 bits per heavy atom. The summed E-state index contributed by atoms with van der Waals surface area (Å²) in [6, 6.07) is -0.812. The zero-order chi connectivity index (χ0) is 13.4. The van der Waals surface area contributed by atoms with Gasteiger partial charge in [0.1, 0.15) is 6.04 Å². The maximum Gasteiger partial charge on any atom is 0.326 e. The zero-order valence-electron chi connectivity index (χ0n) is 11.2. The molecular weight excluding hydrogens is 244 g/mol. The van der Waals surface area contributed by atoms with Crippen molar-refractivity contribution in [3.8, 4) is 0 Å². The Balaban J connectivity index is 1.50. The van der Waals surface area contributed by atoms with Gasteiger partial charge in [0.2, 0.25) is 0 Å². The number of hydrogen-bond acceptors (Lipinski definition) is 2. The lowest BCUT2D eigenvalue weighted by Crippen LogP contribution is -2.47. The highest BCUT2D eigenvalue weighted by Gasteiger charge is 2.40. The van der Waals surface area contributed by atoms with Crippen LogP contribution in [0.2, 0.25) is 0 Å². The van der Waals surface area contributed by atoms with Crippen LogP contribution in [-0.4, -0.2) is 41.1 Å². The van der Waals surface area contributed by atoms with Gasteiger partial charge in [0, 0.05) is 13.1 Å². The first-order chi connectivity index (χ1) is 9.15. The third-order valence-corrected chi connectivity index (χ3v) is 5.20. The lowest BCUT2D eigenvalue weighted by molar-refractivity contribution is -0.141. The third-order valence-electron chi connectivity index (χ3n) is 5.20. The van der Waals surface area contributed by atoms with Crippen molar-refractivity contribution in [1.29, 1.82) is 0 Å². The van der Waals surface area contributed by atoms with E-state index >= 15 is 0 Å². The fourth-order valence-electron chi connectivity index (χ4n) is 4.21. The number of nitrogens with zero attached hydrogens (tertiary/aromatic N) is 1. The average Bonchev–Trinajstić information content (AvgIpc) is 3.10. The number of amides is 2. The van der Waals surface area contributed by atoms with E-state index in [1.807, 2.05) is 0 Å². The van der Waals surface area contributed by atoms with E-state index in [9.17, 15) is 9.59 Å². The Bertz CT molecular complexity index is 385. The van der Waals surface area contributed by atoms with Gasteiger partial charge >= 0.3 is 12.0 Å². The van der Waals surface area contributed by atoms with Crippen molar-refractivity contribution in [2.45, 2.75) is 44.6 Å². The molecule has 0 spiro atoms. The smallest absolute Gasteiger partial charge is 0.326 e. The molecule has 4 atom stereocenters. The zero-order valence-corrected chi connectivity index (χ0v) is 11.2. The average molecular weight is 266 g/mol. The van der Waals surface area contributed by atoms with Crippen LogP contribution in [-0.2, 0) is 4.79 Å². The molecule has 106 valence electrons. The van der Waals surface area contributed by atoms with E-state index in [2.05, 4.69) is 5.32 Å². The summed E-state index contributed by atoms with van der Waals surface area (Å²) in [5.74, 6) is 1.41. The molecule has 2 amide bonds. The number of carboxylic acids is 1. The van der Waals surface area contributed by atoms with E-state index in [4.69, 9.17) is 5.11 Å². The largest absolute Gasteiger partial charge is 0.480 e. The van der Waals surface area contributed by atoms with E-state index in [0.29, 0.717) is 18.9 Å². The molecule has 0 aromatic rings. The van der Waals surface area contributed by atoms with Crippen LogP contribution in [0, 0.1) is 17.8 Å². The summed E-state index contributed by atoms with van der Waals surface area (Å²) in [6.07, 6.45) is 6.62. The van der Waals surface area contributed by atoms with E-state index in [0.717, 1.165) is 24.8 Å². The molecule has 5 nitrogen and oxygen atoms in total. The summed E-state index contributed by atoms with van der Waals surface area (Å²) in [7, 11) is 0. The second-order valence-corrected chi connectivity index (χ2v) is 6.31. The van der Waals surface area contributed by atoms with Crippen molar-refractivity contribution in [2.24, 2.45) is 17.8 Å². The summed E-state index contributed by atoms with van der Waals surface area (Å²) in [6.45, 7) is 1.29. The van der Waals surface area contributed by atoms with Crippen LogP contribution < -0.4 is 5.32 Å². The number of aliphatic carboxylic acids is 1. The predicted molar refractivity (Wildman–Crippen MR) is 69.7 cm³/mol. The molecule has 2 N–H and O–H groups in total. The minimum atomic E-state index is -0.882. The van der Waals surface area contributed by atoms with Gasteiger partial charge < -0.3 is 15.3 Å². The second-order valence-electron chi connectivity index (χ2n) is 6.31. The first kappa shape index (κ1) is 12.8. The fourth-order valence-corrected chi connectivity index (χ4v) is 4.21. The number of rotatable bonds is 3. The number of carbonyl (C=O) groups excluding carboxylic acids is 1. The number of nitrogens with one attached hydrogen (secondary N) is 1. The molecule has 3 fully saturated rings. The van der Waals surface area contributed by atoms with Gasteiger partial charge in [0.25, 0.3) is 0 Å². The standard InChI is InChI=1S/C14H22N2O3/c17-13(18)12-2-1-5-16(12)14(19)15-8-11-7-9-3-4-10(11)6-9/h9-12H,1-8H2,(H,15,19)(H,17,18). The van der Waals surface area contributed by atoms with Crippen LogP contribution in [0.25, 0.3) is 0 Å². The topological polar surface area (TPSA) is 69.6 Å². The molecule has 3 aliphatic rings. The minimum absolute atomic E-state index is 0.187. The molecule has 5 heteroatoms. The monoisotopic (exact) mass is 266 g/mol. The fraction of sp³-hybridized carbons (Fsp3) is 0.857. The molecule has 1 aliphatic heterocycles. The predicted octanol–water partition coefficient (Wildman–Crippen LogP) is 1.68. The molecule has 19 heavy (non-hydrogen) atoms. The van der Waals surface area contributed by atoms with Crippen LogP contribution in [0.1, 0.15) is 38.5 Å². The number of fused-ring (bicyclic) bond motifs is 2. The molecule has 2 bridgehead atoms. The van der Waals surface area contributed by atoms with Crippen LogP contribution in [0.15, 0.2) is 0 Å². The molecule has 3 rings (SSSR count). The number of carbonyl (C=O) groups is 2. The van der Waals surface area contributed by atoms with Crippen molar-refractivity contribution in [3.63, 3.8) is 0 Å². The van der Waals surface area contributed by atoms with E-state index in [-0.39, 0.29) is 6.03 Å². The maximum atomic E-state index is 12.1. The molecule has 1 heterocycles. The summed E-state index contributed by atoms with van der Waals surface area (Å²) in [5, 5.41) is 12.0. The molecule has 0 radical (unpaired) electrons. The van der Waals surface area contributed by atoms with Crippen molar-refractivity contribution < 1.29 is 14.7 Å². The number of hydrogen-bond donors (Lipinski definition) is 2. The van der Waals surface area contributed by atoms with Crippen molar-refractivity contribution in [2.75, 3.05) is 13.1 Å². The van der Waals surface area contributed by atoms with Gasteiger partial charge in [-0.25, -0.2) is 9.59 Å². The Morgan fingerprint density at radius 1 is 1.21 bits per heavy atom. The summed E-state index contributed by atoms with van der Waals surface area (Å²) >= 11 is 0. The lowest BCUT2D eigenvalue weighted by atomic mass is 9.89. The Kier molecular flexibility index (Phi) is 3.37. The van der Waals surface area contributed by atoms with E-state index < -0.39 is 12.0 Å². The van der Waals surface area contributed by atoms with Gasteiger partial charge in [0.15, 0.2) is 0 Å². The number of urea groups is 1. The summed E-state index contributed by atoms with van der Waals surface area (Å²) < 4.78 is 0. The van der Waals surface area contributed by atoms with Crippen LogP contribution in [0.5, 0.6) is 0 Å². The number of likely N-dealkylation sites (tertiary alicyclic amines) is 1. The first-order valence-corrected chi connectivity index (χ1v) is 7.42. The highest BCUT2D eigenvalue weighted by atomic mass is 16.4. The Hall–Kier alpha value is -1.26. The second kappa shape index (κ2) is 5.02. The first-order valence-electron chi connectivity index (χ1n) is 7.42. The minimum Gasteiger partial charge on any atom is -0.480 e. The Morgan fingerprint density at radius 2 is 2.05 bits per heavy atom. The third kappa shape index (κ3) is 2.42. The van der Waals surface area contributed by atoms with Gasteiger partial charge in [-0.1, -0.05) is 6.42 Å². The van der Waals surface area contributed by atoms with E-state index in [1.54, 1.807) is 0 Å². The normalized spacial score (nSPS) is 36.7. The van der Waals surface area contributed by atoms with Crippen molar-refractivity contribution >= 4 is 12.0 Å². The highest BCUT2D eigenvalue weighted by Crippen LogP contribution is 2.47. The molecule has 2 aliphatic carbocycles. The summed E-state index contributed by atoms with van der Waals surface area (Å²) in [5.41, 5.74) is 0. The molecule has 0 aromatic carbocycles. The SMILES string of the molecule is O=C(O)C1CCCN1C(=O)NCC1CC2CCC1C2. The lowest BCUT2D eigenvalue weighted by Gasteiger charge is -2.25. The van der Waals surface area contributed by atoms with Gasteiger partial charge in [0.05, 0.1) is 0 Å². The number of carboxylic acid groups (broad SMARTS) is 1. The van der Waals surface area contributed by atoms with Gasteiger partial charge in [-0.15, -0.1) is 0 Å². The van der Waals surface area contributed by atoms with Crippen LogP contribution in [0.4, 0.5) is 4.79 Å². The van der Waals surface area contributed by atoms with Crippen LogP contribution >= 0.6 is 0 Å². The molecule has 4 unspecified atom stereocenters. The van der Waals surface area contributed by atoms with Crippen molar-refractivity contribution in [1.82, 2.24) is 10.2 Å². The van der Waals surface area contributed by atoms with Gasteiger partial charge in [-0.2, -0.15) is 0 Å². The van der Waals surface area contributed by atoms with E-state index in [1.165, 1.54) is 30.6 Å². The van der Waals surface area contributed by atoms with Crippen LogP contribution in [0.3, 0.4) is 0 Å². The quantitative estimate of drug-likeness (QED) is 0.816. The Labute approximate surface area is 113 Å². The van der Waals surface area contributed by atoms with Crippen molar-refractivity contribution in [3.05, 3.63) is 0 Å². The molecule has 1 saturated heterocycles.